The van der Waals surface area contributed by atoms with E-state index in [1.165, 1.54) is 0 Å². The van der Waals surface area contributed by atoms with Crippen LogP contribution in [0.2, 0.25) is 0 Å². The van der Waals surface area contributed by atoms with Crippen LogP contribution in [0.5, 0.6) is 0 Å². The number of unbranched alkanes of at least 4 members (excludes halogenated alkanes) is 1. The van der Waals surface area contributed by atoms with Crippen LogP contribution in [0.15, 0.2) is 0 Å². The average molecular weight is 248 g/mol. The molecule has 3 heteroatoms. The second-order valence-corrected chi connectivity index (χ2v) is 2.74. The summed E-state index contributed by atoms with van der Waals surface area (Å²) in [5.41, 5.74) is 5.33. The highest BCUT2D eigenvalue weighted by atomic mass is 16.1. The zero-order valence-electron chi connectivity index (χ0n) is 13.4. The van der Waals surface area contributed by atoms with E-state index in [1.807, 2.05) is 48.6 Å². The van der Waals surface area contributed by atoms with Gasteiger partial charge in [0.15, 0.2) is 0 Å². The van der Waals surface area contributed by atoms with Gasteiger partial charge in [-0.1, -0.05) is 48.0 Å². The quantitative estimate of drug-likeness (QED) is 0.709. The lowest BCUT2D eigenvalue weighted by atomic mass is 10.1. The van der Waals surface area contributed by atoms with Crippen molar-refractivity contribution in [2.45, 2.75) is 73.8 Å². The van der Waals surface area contributed by atoms with Crippen LogP contribution in [0.1, 0.15) is 67.7 Å². The van der Waals surface area contributed by atoms with Gasteiger partial charge in [0.05, 0.1) is 6.04 Å². The zero-order valence-corrected chi connectivity index (χ0v) is 13.4. The van der Waals surface area contributed by atoms with Crippen LogP contribution in [0.3, 0.4) is 0 Å². The SMILES string of the molecule is CC.CC.CC.CN[C@@H](CCCCN)C(C)=O. The van der Waals surface area contributed by atoms with E-state index in [2.05, 4.69) is 5.32 Å². The molecule has 3 N–H and O–H groups in total. The summed E-state index contributed by atoms with van der Waals surface area (Å²) < 4.78 is 0. The maximum Gasteiger partial charge on any atom is 0.146 e. The van der Waals surface area contributed by atoms with E-state index < -0.39 is 0 Å². The molecule has 0 rings (SSSR count). The summed E-state index contributed by atoms with van der Waals surface area (Å²) in [5.74, 6) is 0.213. The molecule has 0 spiro atoms. The van der Waals surface area contributed by atoms with Crippen molar-refractivity contribution in [1.29, 1.82) is 0 Å². The molecular weight excluding hydrogens is 212 g/mol. The van der Waals surface area contributed by atoms with Crippen molar-refractivity contribution in [2.75, 3.05) is 13.6 Å². The predicted octanol–water partition coefficient (Wildman–Crippen LogP) is 3.37. The Bertz CT molecular complexity index is 117. The number of ketones is 1. The molecule has 0 fully saturated rings. The molecule has 0 saturated carbocycles. The molecule has 0 amide bonds. The third-order valence-corrected chi connectivity index (χ3v) is 1.79. The van der Waals surface area contributed by atoms with Crippen LogP contribution in [0.25, 0.3) is 0 Å². The minimum atomic E-state index is 0.0292. The Morgan fingerprint density at radius 2 is 1.47 bits per heavy atom. The summed E-state index contributed by atoms with van der Waals surface area (Å²) in [6.45, 7) is 14.3. The van der Waals surface area contributed by atoms with Crippen molar-refractivity contribution in [3.8, 4) is 0 Å². The van der Waals surface area contributed by atoms with Crippen LogP contribution in [0.4, 0.5) is 0 Å². The first-order valence-corrected chi connectivity index (χ1v) is 7.10. The Kier molecular flexibility index (Phi) is 44.3. The first-order chi connectivity index (χ1) is 8.22. The molecular formula is C14H36N2O. The number of nitrogens with two attached hydrogens (primary N) is 1. The van der Waals surface area contributed by atoms with Crippen LogP contribution in [-0.2, 0) is 4.79 Å². The van der Waals surface area contributed by atoms with Gasteiger partial charge in [-0.05, 0) is 33.4 Å². The molecule has 0 heterocycles. The molecule has 0 aliphatic carbocycles. The van der Waals surface area contributed by atoms with Crippen molar-refractivity contribution in [1.82, 2.24) is 5.32 Å². The minimum Gasteiger partial charge on any atom is -0.330 e. The standard InChI is InChI=1S/C8H18N2O.3C2H6/c1-7(11)8(10-2)5-3-4-6-9;3*1-2/h8,10H,3-6,9H2,1-2H3;3*1-2H3/t8-;;;/m0.../s1. The third-order valence-electron chi connectivity index (χ3n) is 1.79. The summed E-state index contributed by atoms with van der Waals surface area (Å²) in [4.78, 5) is 10.9. The van der Waals surface area contributed by atoms with E-state index in [0.29, 0.717) is 6.54 Å². The van der Waals surface area contributed by atoms with Gasteiger partial charge in [-0.3, -0.25) is 4.79 Å². The molecule has 0 unspecified atom stereocenters. The van der Waals surface area contributed by atoms with Crippen LogP contribution in [-0.4, -0.2) is 25.4 Å². The molecule has 0 aromatic heterocycles. The van der Waals surface area contributed by atoms with Gasteiger partial charge in [0.2, 0.25) is 0 Å². The number of carbonyl (C=O) groups excluding carboxylic acids is 1. The molecule has 17 heavy (non-hydrogen) atoms. The predicted molar refractivity (Wildman–Crippen MR) is 80.5 cm³/mol. The first kappa shape index (κ1) is 25.4. The fourth-order valence-corrected chi connectivity index (χ4v) is 1.04. The van der Waals surface area contributed by atoms with Gasteiger partial charge in [-0.2, -0.15) is 0 Å². The lowest BCUT2D eigenvalue weighted by Crippen LogP contribution is -2.32. The Morgan fingerprint density at radius 3 is 1.71 bits per heavy atom. The lowest BCUT2D eigenvalue weighted by Gasteiger charge is -2.11. The summed E-state index contributed by atoms with van der Waals surface area (Å²) in [7, 11) is 1.81. The van der Waals surface area contributed by atoms with E-state index in [9.17, 15) is 4.79 Å². The van der Waals surface area contributed by atoms with E-state index in [0.717, 1.165) is 19.3 Å². The number of hydrogen-bond donors (Lipinski definition) is 2. The second kappa shape index (κ2) is 29.6. The lowest BCUT2D eigenvalue weighted by molar-refractivity contribution is -0.119. The van der Waals surface area contributed by atoms with E-state index in [-0.39, 0.29) is 11.8 Å². The molecule has 108 valence electrons. The summed E-state index contributed by atoms with van der Waals surface area (Å²) >= 11 is 0. The fraction of sp³-hybridized carbons (Fsp3) is 0.929. The van der Waals surface area contributed by atoms with Gasteiger partial charge in [-0.25, -0.2) is 0 Å². The second-order valence-electron chi connectivity index (χ2n) is 2.74. The highest BCUT2D eigenvalue weighted by Gasteiger charge is 2.09. The van der Waals surface area contributed by atoms with Gasteiger partial charge in [-0.15, -0.1) is 0 Å². The molecule has 0 bridgehead atoms. The molecule has 0 aromatic carbocycles. The first-order valence-electron chi connectivity index (χ1n) is 7.10. The van der Waals surface area contributed by atoms with Crippen molar-refractivity contribution in [3.63, 3.8) is 0 Å². The number of hydrogen-bond acceptors (Lipinski definition) is 3. The molecule has 0 aliphatic heterocycles. The van der Waals surface area contributed by atoms with Gasteiger partial charge in [0.25, 0.3) is 0 Å². The van der Waals surface area contributed by atoms with Crippen molar-refractivity contribution in [2.24, 2.45) is 5.73 Å². The minimum absolute atomic E-state index is 0.0292. The van der Waals surface area contributed by atoms with E-state index in [4.69, 9.17) is 5.73 Å². The van der Waals surface area contributed by atoms with Crippen molar-refractivity contribution >= 4 is 5.78 Å². The van der Waals surface area contributed by atoms with E-state index >= 15 is 0 Å². The Morgan fingerprint density at radius 1 is 1.06 bits per heavy atom. The number of rotatable bonds is 6. The highest BCUT2D eigenvalue weighted by Crippen LogP contribution is 2.00. The summed E-state index contributed by atoms with van der Waals surface area (Å²) in [6, 6.07) is 0.0292. The topological polar surface area (TPSA) is 55.1 Å². The maximum absolute atomic E-state index is 10.9. The van der Waals surface area contributed by atoms with Crippen molar-refractivity contribution < 1.29 is 4.79 Å². The van der Waals surface area contributed by atoms with Gasteiger partial charge in [0.1, 0.15) is 5.78 Å². The number of likely N-dealkylation sites (N-methyl/N-ethyl adjacent to an activating group) is 1. The molecule has 0 aromatic rings. The normalized spacial score (nSPS) is 9.47. The zero-order chi connectivity index (χ0) is 14.7. The Balaban J connectivity index is -0.000000121. The molecule has 3 nitrogen and oxygen atoms in total. The largest absolute Gasteiger partial charge is 0.330 e. The smallest absolute Gasteiger partial charge is 0.146 e. The molecule has 0 saturated heterocycles. The summed E-state index contributed by atoms with van der Waals surface area (Å²) in [5, 5.41) is 2.97. The molecule has 0 aliphatic rings. The maximum atomic E-state index is 10.9. The third kappa shape index (κ3) is 25.7. The number of Topliss-reactive ketones (excluding diaryl/α,β-unsaturated/α-hetero) is 1. The highest BCUT2D eigenvalue weighted by molar-refractivity contribution is 5.81. The van der Waals surface area contributed by atoms with Crippen LogP contribution < -0.4 is 11.1 Å². The van der Waals surface area contributed by atoms with Gasteiger partial charge in [0, 0.05) is 0 Å². The van der Waals surface area contributed by atoms with Gasteiger partial charge >= 0.3 is 0 Å². The van der Waals surface area contributed by atoms with E-state index in [1.54, 1.807) is 6.92 Å². The number of carbonyl (C=O) groups is 1. The Labute approximate surface area is 110 Å². The fourth-order valence-electron chi connectivity index (χ4n) is 1.04. The average Bonchev–Trinajstić information content (AvgIpc) is 2.41. The summed E-state index contributed by atoms with van der Waals surface area (Å²) in [6.07, 6.45) is 2.94. The molecule has 1 atom stereocenters. The Hall–Kier alpha value is -0.410. The van der Waals surface area contributed by atoms with Gasteiger partial charge < -0.3 is 11.1 Å². The van der Waals surface area contributed by atoms with Crippen LogP contribution in [0, 0.1) is 0 Å². The monoisotopic (exact) mass is 248 g/mol. The van der Waals surface area contributed by atoms with Crippen molar-refractivity contribution in [3.05, 3.63) is 0 Å². The van der Waals surface area contributed by atoms with Crippen LogP contribution >= 0.6 is 0 Å². The number of nitrogens with one attached hydrogen (secondary N) is 1. The molecule has 0 radical (unpaired) electrons.